The maximum Gasteiger partial charge on any atom is 0.169 e. The van der Waals surface area contributed by atoms with Crippen LogP contribution in [-0.4, -0.2) is 6.29 Å². The van der Waals surface area contributed by atoms with E-state index in [0.717, 1.165) is 6.29 Å². The van der Waals surface area contributed by atoms with Crippen molar-refractivity contribution in [1.29, 1.82) is 0 Å². The van der Waals surface area contributed by atoms with Crippen LogP contribution in [0.2, 0.25) is 0 Å². The van der Waals surface area contributed by atoms with E-state index >= 15 is 0 Å². The first-order valence-corrected chi connectivity index (χ1v) is 7.09. The summed E-state index contributed by atoms with van der Waals surface area (Å²) in [4.78, 5) is 10.9. The number of hydrogen-bond acceptors (Lipinski definition) is 3. The summed E-state index contributed by atoms with van der Waals surface area (Å²) in [5.74, 6) is 0.923. The number of ether oxygens (including phenoxy) is 2. The minimum atomic E-state index is 0.433. The summed E-state index contributed by atoms with van der Waals surface area (Å²) >= 11 is 0. The zero-order chi connectivity index (χ0) is 17.5. The fourth-order valence-electron chi connectivity index (χ4n) is 1.48. The van der Waals surface area contributed by atoms with Gasteiger partial charge in [0.2, 0.25) is 0 Å². The highest BCUT2D eigenvalue weighted by molar-refractivity contribution is 5.76. The third-order valence-electron chi connectivity index (χ3n) is 2.52. The lowest BCUT2D eigenvalue weighted by molar-refractivity contribution is 0.112. The summed E-state index contributed by atoms with van der Waals surface area (Å²) in [5.41, 5.74) is 5.75. The maximum absolute atomic E-state index is 10.9. The van der Waals surface area contributed by atoms with Gasteiger partial charge < -0.3 is 9.47 Å². The Bertz CT molecular complexity index is 751. The first-order valence-electron chi connectivity index (χ1n) is 7.09. The third kappa shape index (κ3) is 7.48. The monoisotopic (exact) mass is 318 g/mol. The lowest BCUT2D eigenvalue weighted by Crippen LogP contribution is -1.91. The van der Waals surface area contributed by atoms with Crippen molar-refractivity contribution in [2.24, 2.45) is 0 Å². The molecule has 0 aliphatic carbocycles. The van der Waals surface area contributed by atoms with Crippen LogP contribution in [-0.2, 0) is 0 Å². The van der Waals surface area contributed by atoms with Gasteiger partial charge in [0, 0.05) is 5.56 Å². The van der Waals surface area contributed by atoms with E-state index in [1.807, 2.05) is 0 Å². The molecule has 0 unspecified atom stereocenters. The van der Waals surface area contributed by atoms with Crippen LogP contribution in [0.15, 0.2) is 104 Å². The molecule has 3 nitrogen and oxygen atoms in total. The number of carbonyl (C=O) groups excluding carboxylic acids is 1. The van der Waals surface area contributed by atoms with Crippen LogP contribution in [0.4, 0.5) is 0 Å². The highest BCUT2D eigenvalue weighted by Crippen LogP contribution is 2.28. The summed E-state index contributed by atoms with van der Waals surface area (Å²) in [6.45, 7) is 6.91. The van der Waals surface area contributed by atoms with E-state index in [1.165, 1.54) is 12.5 Å². The smallest absolute Gasteiger partial charge is 0.169 e. The van der Waals surface area contributed by atoms with Gasteiger partial charge in [0.25, 0.3) is 0 Å². The van der Waals surface area contributed by atoms with Crippen LogP contribution in [0.5, 0.6) is 11.5 Å². The molecule has 0 spiro atoms. The van der Waals surface area contributed by atoms with E-state index in [4.69, 9.17) is 9.47 Å². The molecule has 120 valence electrons. The highest BCUT2D eigenvalue weighted by atomic mass is 16.5. The van der Waals surface area contributed by atoms with Crippen molar-refractivity contribution in [3.63, 3.8) is 0 Å². The van der Waals surface area contributed by atoms with Gasteiger partial charge in [-0.1, -0.05) is 37.5 Å². The zero-order valence-corrected chi connectivity index (χ0v) is 13.2. The topological polar surface area (TPSA) is 35.5 Å². The van der Waals surface area contributed by atoms with Crippen LogP contribution in [0.3, 0.4) is 0 Å². The lowest BCUT2D eigenvalue weighted by Gasteiger charge is -2.07. The molecule has 0 atom stereocenters. The molecule has 1 aromatic carbocycles. The van der Waals surface area contributed by atoms with Crippen molar-refractivity contribution in [2.45, 2.75) is 0 Å². The average Bonchev–Trinajstić information content (AvgIpc) is 2.61. The quantitative estimate of drug-likeness (QED) is 0.276. The van der Waals surface area contributed by atoms with Crippen LogP contribution in [0, 0.1) is 0 Å². The Morgan fingerprint density at radius 2 is 1.38 bits per heavy atom. The van der Waals surface area contributed by atoms with Crippen molar-refractivity contribution < 1.29 is 14.3 Å². The molecule has 1 aromatic rings. The molecule has 0 aromatic heterocycles. The van der Waals surface area contributed by atoms with Crippen molar-refractivity contribution in [1.82, 2.24) is 0 Å². The Labute approximate surface area is 142 Å². The first-order chi connectivity index (χ1) is 11.8. The normalized spacial score (nSPS) is 10.8. The summed E-state index contributed by atoms with van der Waals surface area (Å²) in [6.07, 6.45) is 17.6. The summed E-state index contributed by atoms with van der Waals surface area (Å²) < 4.78 is 11.0. The Balaban J connectivity index is 2.81. The molecule has 0 saturated carbocycles. The number of carbonyl (C=O) groups is 1. The first kappa shape index (κ1) is 18.5. The molecule has 0 amide bonds. The van der Waals surface area contributed by atoms with E-state index in [1.54, 1.807) is 66.8 Å². The highest BCUT2D eigenvalue weighted by Gasteiger charge is 2.04. The van der Waals surface area contributed by atoms with Crippen molar-refractivity contribution >= 4 is 6.29 Å². The molecule has 0 bridgehead atoms. The van der Waals surface area contributed by atoms with Crippen molar-refractivity contribution in [3.05, 3.63) is 110 Å². The SMILES string of the molecule is C=C=C/C=C\C=C/Oc1ccc(C=O)cc1O/C=C\C=C/C=C=C. The molecule has 0 fully saturated rings. The Morgan fingerprint density at radius 3 is 1.92 bits per heavy atom. The van der Waals surface area contributed by atoms with Gasteiger partial charge in [-0.25, -0.2) is 0 Å². The molecule has 1 rings (SSSR count). The standard InChI is InChI=1S/C21H18O3/c1-3-5-7-9-11-15-23-20-14-13-19(18-22)17-21(20)24-16-12-10-8-6-4-2/h5-18H,1-2H2/b9-7-,10-8-,15-11-,16-12-. The van der Waals surface area contributed by atoms with Gasteiger partial charge in [0.1, 0.15) is 6.29 Å². The van der Waals surface area contributed by atoms with Crippen molar-refractivity contribution in [3.8, 4) is 11.5 Å². The number of rotatable bonds is 9. The van der Waals surface area contributed by atoms with Gasteiger partial charge in [-0.3, -0.25) is 4.79 Å². The Morgan fingerprint density at radius 1 is 0.792 bits per heavy atom. The predicted octanol–water partition coefficient (Wildman–Crippen LogP) is 5.08. The fraction of sp³-hybridized carbons (Fsp3) is 0. The minimum Gasteiger partial charge on any atom is -0.461 e. The number of allylic oxidation sites excluding steroid dienone is 8. The second kappa shape index (κ2) is 12.1. The second-order valence-electron chi connectivity index (χ2n) is 4.23. The molecule has 0 heterocycles. The molecule has 3 heteroatoms. The Hall–Kier alpha value is -3.51. The maximum atomic E-state index is 10.9. The van der Waals surface area contributed by atoms with Crippen LogP contribution >= 0.6 is 0 Å². The molecular formula is C21H18O3. The van der Waals surface area contributed by atoms with Gasteiger partial charge in [0.15, 0.2) is 11.5 Å². The van der Waals surface area contributed by atoms with Crippen LogP contribution < -0.4 is 9.47 Å². The van der Waals surface area contributed by atoms with E-state index in [0.29, 0.717) is 17.1 Å². The Kier molecular flexibility index (Phi) is 9.33. The number of aldehydes is 1. The fourth-order valence-corrected chi connectivity index (χ4v) is 1.48. The molecule has 0 aliphatic heterocycles. The van der Waals surface area contributed by atoms with Crippen molar-refractivity contribution in [2.75, 3.05) is 0 Å². The number of benzene rings is 1. The minimum absolute atomic E-state index is 0.433. The molecule has 0 N–H and O–H groups in total. The van der Waals surface area contributed by atoms with Gasteiger partial charge in [0.05, 0.1) is 12.5 Å². The van der Waals surface area contributed by atoms with E-state index in [9.17, 15) is 4.79 Å². The summed E-state index contributed by atoms with van der Waals surface area (Å²) in [7, 11) is 0. The molecular weight excluding hydrogens is 300 g/mol. The van der Waals surface area contributed by atoms with Crippen LogP contribution in [0.25, 0.3) is 0 Å². The van der Waals surface area contributed by atoms with Gasteiger partial charge in [-0.05, 0) is 42.5 Å². The second-order valence-corrected chi connectivity index (χ2v) is 4.23. The van der Waals surface area contributed by atoms with E-state index in [2.05, 4.69) is 24.6 Å². The van der Waals surface area contributed by atoms with E-state index < -0.39 is 0 Å². The predicted molar refractivity (Wildman–Crippen MR) is 97.1 cm³/mol. The summed E-state index contributed by atoms with van der Waals surface area (Å²) in [5, 5.41) is 0. The van der Waals surface area contributed by atoms with Crippen LogP contribution in [0.1, 0.15) is 10.4 Å². The number of hydrogen-bond donors (Lipinski definition) is 0. The average molecular weight is 318 g/mol. The summed E-state index contributed by atoms with van der Waals surface area (Å²) in [6, 6.07) is 4.92. The largest absolute Gasteiger partial charge is 0.461 e. The van der Waals surface area contributed by atoms with Gasteiger partial charge in [-0.15, -0.1) is 11.5 Å². The molecule has 0 saturated heterocycles. The lowest BCUT2D eigenvalue weighted by atomic mass is 10.2. The van der Waals surface area contributed by atoms with Gasteiger partial charge >= 0.3 is 0 Å². The molecule has 0 radical (unpaired) electrons. The third-order valence-corrected chi connectivity index (χ3v) is 2.52. The zero-order valence-electron chi connectivity index (χ0n) is 13.2. The van der Waals surface area contributed by atoms with E-state index in [-0.39, 0.29) is 0 Å². The van der Waals surface area contributed by atoms with Gasteiger partial charge in [-0.2, -0.15) is 0 Å². The molecule has 24 heavy (non-hydrogen) atoms. The molecule has 0 aliphatic rings.